The summed E-state index contributed by atoms with van der Waals surface area (Å²) < 4.78 is 48.7. The smallest absolute Gasteiger partial charge is 0.417 e. The van der Waals surface area contributed by atoms with Crippen LogP contribution in [0.5, 0.6) is 17.4 Å². The summed E-state index contributed by atoms with van der Waals surface area (Å²) in [5.74, 6) is 1.29. The molecule has 1 aliphatic carbocycles. The summed E-state index contributed by atoms with van der Waals surface area (Å²) in [7, 11) is 1.55. The lowest BCUT2D eigenvalue weighted by Crippen LogP contribution is -2.18. The van der Waals surface area contributed by atoms with Crippen LogP contribution in [0.25, 0.3) is 0 Å². The molecule has 1 aromatic heterocycles. The van der Waals surface area contributed by atoms with Crippen molar-refractivity contribution in [2.45, 2.75) is 44.2 Å². The third kappa shape index (κ3) is 5.85. The number of aromatic hydroxyl groups is 1. The summed E-state index contributed by atoms with van der Waals surface area (Å²) in [5.41, 5.74) is 1.13. The van der Waals surface area contributed by atoms with Crippen molar-refractivity contribution in [2.24, 2.45) is 5.92 Å². The third-order valence-electron chi connectivity index (χ3n) is 5.64. The van der Waals surface area contributed by atoms with Gasteiger partial charge in [-0.15, -0.1) is 0 Å². The van der Waals surface area contributed by atoms with Crippen LogP contribution < -0.4 is 9.47 Å². The minimum absolute atomic E-state index is 0.0378. The van der Waals surface area contributed by atoms with Crippen LogP contribution in [0.1, 0.15) is 49.1 Å². The van der Waals surface area contributed by atoms with Crippen molar-refractivity contribution in [3.05, 3.63) is 58.8 Å². The van der Waals surface area contributed by atoms with Gasteiger partial charge in [-0.1, -0.05) is 23.8 Å². The molecule has 1 aromatic carbocycles. The first-order chi connectivity index (χ1) is 14.7. The second-order valence-corrected chi connectivity index (χ2v) is 8.18. The molecule has 1 heterocycles. The number of phenolic OH excluding ortho intramolecular Hbond substituents is 1. The zero-order valence-electron chi connectivity index (χ0n) is 17.2. The first kappa shape index (κ1) is 23.3. The summed E-state index contributed by atoms with van der Waals surface area (Å²) in [6.45, 7) is 4.59. The number of hydrogen-bond donors (Lipinski definition) is 1. The van der Waals surface area contributed by atoms with Crippen LogP contribution in [0.4, 0.5) is 13.2 Å². The Balaban J connectivity index is 1.55. The molecule has 31 heavy (non-hydrogen) atoms. The fourth-order valence-corrected chi connectivity index (χ4v) is 4.34. The van der Waals surface area contributed by atoms with Crippen LogP contribution >= 0.6 is 11.6 Å². The molecule has 1 fully saturated rings. The molecule has 1 saturated carbocycles. The van der Waals surface area contributed by atoms with E-state index < -0.39 is 11.7 Å². The van der Waals surface area contributed by atoms with Crippen molar-refractivity contribution in [1.29, 1.82) is 0 Å². The quantitative estimate of drug-likeness (QED) is 0.370. The third-order valence-corrected chi connectivity index (χ3v) is 5.92. The molecule has 0 radical (unpaired) electrons. The van der Waals surface area contributed by atoms with E-state index in [1.54, 1.807) is 13.2 Å². The van der Waals surface area contributed by atoms with E-state index >= 15 is 0 Å². The van der Waals surface area contributed by atoms with Gasteiger partial charge in [-0.25, -0.2) is 4.98 Å². The maximum Gasteiger partial charge on any atom is 0.417 e. The molecule has 4 nitrogen and oxygen atoms in total. The van der Waals surface area contributed by atoms with Gasteiger partial charge < -0.3 is 14.6 Å². The lowest BCUT2D eigenvalue weighted by atomic mass is 9.73. The Kier molecular flexibility index (Phi) is 7.36. The normalized spacial score (nSPS) is 19.3. The lowest BCUT2D eigenvalue weighted by molar-refractivity contribution is -0.137. The van der Waals surface area contributed by atoms with Crippen molar-refractivity contribution in [3.63, 3.8) is 0 Å². The molecule has 2 aromatic rings. The number of benzene rings is 1. The molecule has 0 aliphatic heterocycles. The molecular formula is C23H25ClF3NO3. The molecule has 3 rings (SSSR count). The van der Waals surface area contributed by atoms with E-state index in [1.165, 1.54) is 12.1 Å². The number of halogens is 4. The molecule has 1 N–H and O–H groups in total. The maximum absolute atomic E-state index is 12.6. The largest absolute Gasteiger partial charge is 0.508 e. The fourth-order valence-electron chi connectivity index (χ4n) is 4.05. The fraction of sp³-hybridized carbons (Fsp3) is 0.435. The molecular weight excluding hydrogens is 431 g/mol. The number of allylic oxidation sites excluding steroid dienone is 1. The minimum Gasteiger partial charge on any atom is -0.508 e. The summed E-state index contributed by atoms with van der Waals surface area (Å²) in [4.78, 5) is 3.72. The number of methoxy groups -OCH3 is 1. The molecule has 0 amide bonds. The van der Waals surface area contributed by atoms with Crippen molar-refractivity contribution >= 4 is 11.6 Å². The van der Waals surface area contributed by atoms with Gasteiger partial charge in [-0.3, -0.25) is 0 Å². The molecule has 0 bridgehead atoms. The second-order valence-electron chi connectivity index (χ2n) is 7.77. The van der Waals surface area contributed by atoms with Crippen molar-refractivity contribution in [2.75, 3.05) is 13.7 Å². The summed E-state index contributed by atoms with van der Waals surface area (Å²) >= 11 is 6.23. The van der Waals surface area contributed by atoms with Gasteiger partial charge in [0, 0.05) is 29.8 Å². The number of phenols is 1. The van der Waals surface area contributed by atoms with Gasteiger partial charge in [0.25, 0.3) is 0 Å². The van der Waals surface area contributed by atoms with Gasteiger partial charge in [0.05, 0.1) is 24.3 Å². The number of alkyl halides is 3. The number of pyridine rings is 1. The van der Waals surface area contributed by atoms with Crippen LogP contribution in [0.2, 0.25) is 5.02 Å². The highest BCUT2D eigenvalue weighted by atomic mass is 35.5. The van der Waals surface area contributed by atoms with E-state index in [4.69, 9.17) is 21.1 Å². The standard InChI is InChI=1S/C23H25ClF3NO3/c1-14-5-6-15(10-18(14)19-11-17(29)12-20(24)22(19)30-2)4-3-9-31-21-8-7-16(13-28-21)23(25,26)27/h7-8,11-13,15,18,29H,1,3-6,9-10H2,2H3. The number of rotatable bonds is 7. The Morgan fingerprint density at radius 1 is 1.29 bits per heavy atom. The van der Waals surface area contributed by atoms with Crippen LogP contribution in [-0.2, 0) is 6.18 Å². The van der Waals surface area contributed by atoms with Gasteiger partial charge in [0.15, 0.2) is 0 Å². The van der Waals surface area contributed by atoms with E-state index in [9.17, 15) is 18.3 Å². The lowest BCUT2D eigenvalue weighted by Gasteiger charge is -2.32. The van der Waals surface area contributed by atoms with Crippen LogP contribution in [-0.4, -0.2) is 23.8 Å². The Morgan fingerprint density at radius 3 is 2.71 bits per heavy atom. The van der Waals surface area contributed by atoms with Gasteiger partial charge in [-0.2, -0.15) is 13.2 Å². The molecule has 8 heteroatoms. The van der Waals surface area contributed by atoms with E-state index in [0.29, 0.717) is 23.3 Å². The zero-order valence-corrected chi connectivity index (χ0v) is 18.0. The Morgan fingerprint density at radius 2 is 2.06 bits per heavy atom. The minimum atomic E-state index is -4.41. The molecule has 2 atom stereocenters. The molecule has 0 saturated heterocycles. The highest BCUT2D eigenvalue weighted by Crippen LogP contribution is 2.47. The van der Waals surface area contributed by atoms with E-state index in [1.807, 2.05) is 0 Å². The van der Waals surface area contributed by atoms with Crippen molar-refractivity contribution in [3.8, 4) is 17.4 Å². The Labute approximate surface area is 184 Å². The van der Waals surface area contributed by atoms with Crippen LogP contribution in [0.3, 0.4) is 0 Å². The number of ether oxygens (including phenoxy) is 2. The summed E-state index contributed by atoms with van der Waals surface area (Å²) in [6.07, 6.45) is 0.753. The number of hydrogen-bond acceptors (Lipinski definition) is 4. The molecule has 2 unspecified atom stereocenters. The zero-order chi connectivity index (χ0) is 22.6. The number of aromatic nitrogens is 1. The highest BCUT2D eigenvalue weighted by Gasteiger charge is 2.31. The van der Waals surface area contributed by atoms with Crippen molar-refractivity contribution < 1.29 is 27.8 Å². The Bertz CT molecular complexity index is 916. The topological polar surface area (TPSA) is 51.6 Å². The molecule has 0 spiro atoms. The van der Waals surface area contributed by atoms with Crippen LogP contribution in [0, 0.1) is 5.92 Å². The molecule has 168 valence electrons. The first-order valence-electron chi connectivity index (χ1n) is 10.1. The number of nitrogens with zero attached hydrogens (tertiary/aromatic N) is 1. The van der Waals surface area contributed by atoms with Gasteiger partial charge in [-0.05, 0) is 50.2 Å². The average Bonchev–Trinajstić information content (AvgIpc) is 2.71. The average molecular weight is 456 g/mol. The van der Waals surface area contributed by atoms with E-state index in [2.05, 4.69) is 11.6 Å². The molecule has 1 aliphatic rings. The SMILES string of the molecule is C=C1CCC(CCCOc2ccc(C(F)(F)F)cn2)CC1c1cc(O)cc(Cl)c1OC. The summed E-state index contributed by atoms with van der Waals surface area (Å²) in [5, 5.41) is 10.4. The van der Waals surface area contributed by atoms with E-state index in [-0.39, 0.29) is 17.5 Å². The first-order valence-corrected chi connectivity index (χ1v) is 10.5. The monoisotopic (exact) mass is 455 g/mol. The van der Waals surface area contributed by atoms with Gasteiger partial charge in [0.2, 0.25) is 5.88 Å². The Hall–Kier alpha value is -2.41. The predicted molar refractivity (Wildman–Crippen MR) is 113 cm³/mol. The highest BCUT2D eigenvalue weighted by molar-refractivity contribution is 6.32. The van der Waals surface area contributed by atoms with Gasteiger partial charge in [0.1, 0.15) is 11.5 Å². The van der Waals surface area contributed by atoms with Crippen LogP contribution in [0.15, 0.2) is 42.6 Å². The van der Waals surface area contributed by atoms with Gasteiger partial charge >= 0.3 is 6.18 Å². The summed E-state index contributed by atoms with van der Waals surface area (Å²) in [6, 6.07) is 5.34. The second kappa shape index (κ2) is 9.81. The van der Waals surface area contributed by atoms with Crippen molar-refractivity contribution in [1.82, 2.24) is 4.98 Å². The maximum atomic E-state index is 12.6. The predicted octanol–water partition coefficient (Wildman–Crippen LogP) is 6.77. The van der Waals surface area contributed by atoms with E-state index in [0.717, 1.165) is 55.5 Å².